The summed E-state index contributed by atoms with van der Waals surface area (Å²) in [5, 5.41) is 0. The second-order valence-corrected chi connectivity index (χ2v) is 3.71. The van der Waals surface area contributed by atoms with Crippen LogP contribution in [0.15, 0.2) is 0 Å². The fraction of sp³-hybridized carbons (Fsp3) is 0.900. The van der Waals surface area contributed by atoms with E-state index in [9.17, 15) is 4.79 Å². The minimum Gasteiger partial charge on any atom is -0.446 e. The molecule has 0 aliphatic carbocycles. The zero-order chi connectivity index (χ0) is 11.1. The molecule has 1 rings (SSSR count). The molecule has 1 aliphatic rings. The third-order valence-corrected chi connectivity index (χ3v) is 2.51. The number of rotatable bonds is 6. The van der Waals surface area contributed by atoms with E-state index in [0.717, 1.165) is 25.8 Å². The SMILES string of the molecule is COCCCN1CCC(CCN)OC1=O. The van der Waals surface area contributed by atoms with Crippen LogP contribution in [0.4, 0.5) is 4.79 Å². The molecular formula is C10H20N2O3. The number of amides is 1. The van der Waals surface area contributed by atoms with Crippen LogP contribution in [0.1, 0.15) is 19.3 Å². The van der Waals surface area contributed by atoms with Crippen molar-refractivity contribution >= 4 is 6.09 Å². The number of carbonyl (C=O) groups excluding carboxylic acids is 1. The van der Waals surface area contributed by atoms with E-state index in [0.29, 0.717) is 19.7 Å². The number of hydrogen-bond acceptors (Lipinski definition) is 4. The van der Waals surface area contributed by atoms with Crippen molar-refractivity contribution in [2.45, 2.75) is 25.4 Å². The minimum atomic E-state index is -0.212. The lowest BCUT2D eigenvalue weighted by Crippen LogP contribution is -2.43. The molecule has 1 amide bonds. The number of cyclic esters (lactones) is 1. The smallest absolute Gasteiger partial charge is 0.410 e. The van der Waals surface area contributed by atoms with Crippen molar-refractivity contribution in [3.8, 4) is 0 Å². The predicted molar refractivity (Wildman–Crippen MR) is 56.6 cm³/mol. The second-order valence-electron chi connectivity index (χ2n) is 3.71. The summed E-state index contributed by atoms with van der Waals surface area (Å²) in [4.78, 5) is 13.2. The van der Waals surface area contributed by atoms with E-state index in [-0.39, 0.29) is 12.2 Å². The van der Waals surface area contributed by atoms with E-state index in [4.69, 9.17) is 15.2 Å². The van der Waals surface area contributed by atoms with Gasteiger partial charge in [-0.1, -0.05) is 0 Å². The molecule has 0 radical (unpaired) electrons. The third kappa shape index (κ3) is 4.05. The Morgan fingerprint density at radius 1 is 1.67 bits per heavy atom. The number of carbonyl (C=O) groups is 1. The Morgan fingerprint density at radius 3 is 3.07 bits per heavy atom. The van der Waals surface area contributed by atoms with Crippen LogP contribution in [0.3, 0.4) is 0 Å². The Hall–Kier alpha value is -0.810. The largest absolute Gasteiger partial charge is 0.446 e. The van der Waals surface area contributed by atoms with Gasteiger partial charge in [-0.05, 0) is 19.4 Å². The van der Waals surface area contributed by atoms with E-state index in [1.165, 1.54) is 0 Å². The van der Waals surface area contributed by atoms with Crippen molar-refractivity contribution in [3.63, 3.8) is 0 Å². The standard InChI is InChI=1S/C10H20N2O3/c1-14-8-2-6-12-7-4-9(3-5-11)15-10(12)13/h9H,2-8,11H2,1H3. The Kier molecular flexibility index (Phi) is 5.42. The van der Waals surface area contributed by atoms with Crippen LogP contribution >= 0.6 is 0 Å². The van der Waals surface area contributed by atoms with Gasteiger partial charge in [-0.3, -0.25) is 0 Å². The van der Waals surface area contributed by atoms with Gasteiger partial charge in [0.1, 0.15) is 6.10 Å². The average molecular weight is 216 g/mol. The fourth-order valence-electron chi connectivity index (χ4n) is 1.66. The molecule has 5 nitrogen and oxygen atoms in total. The predicted octanol–water partition coefficient (Wildman–Crippen LogP) is 0.583. The second kappa shape index (κ2) is 6.63. The Bertz CT molecular complexity index is 199. The molecule has 0 aromatic heterocycles. The molecule has 1 aliphatic heterocycles. The first kappa shape index (κ1) is 12.3. The molecule has 2 N–H and O–H groups in total. The molecule has 1 saturated heterocycles. The van der Waals surface area contributed by atoms with Crippen LogP contribution in [0.5, 0.6) is 0 Å². The lowest BCUT2D eigenvalue weighted by molar-refractivity contribution is 0.0205. The molecule has 0 aromatic rings. The summed E-state index contributed by atoms with van der Waals surface area (Å²) < 4.78 is 10.2. The lowest BCUT2D eigenvalue weighted by Gasteiger charge is -2.31. The van der Waals surface area contributed by atoms with Crippen LogP contribution in [0.25, 0.3) is 0 Å². The van der Waals surface area contributed by atoms with E-state index in [2.05, 4.69) is 0 Å². The molecule has 0 spiro atoms. The van der Waals surface area contributed by atoms with Crippen molar-refractivity contribution in [3.05, 3.63) is 0 Å². The average Bonchev–Trinajstić information content (AvgIpc) is 2.22. The molecular weight excluding hydrogens is 196 g/mol. The van der Waals surface area contributed by atoms with Gasteiger partial charge in [0.05, 0.1) is 0 Å². The normalized spacial score (nSPS) is 21.6. The molecule has 1 atom stereocenters. The highest BCUT2D eigenvalue weighted by Crippen LogP contribution is 2.14. The topological polar surface area (TPSA) is 64.8 Å². The fourth-order valence-corrected chi connectivity index (χ4v) is 1.66. The quantitative estimate of drug-likeness (QED) is 0.660. The number of hydrogen-bond donors (Lipinski definition) is 1. The molecule has 88 valence electrons. The minimum absolute atomic E-state index is 0.0150. The van der Waals surface area contributed by atoms with E-state index in [1.54, 1.807) is 12.0 Å². The van der Waals surface area contributed by atoms with Gasteiger partial charge < -0.3 is 20.1 Å². The van der Waals surface area contributed by atoms with Gasteiger partial charge in [0, 0.05) is 33.2 Å². The van der Waals surface area contributed by atoms with Gasteiger partial charge in [0.15, 0.2) is 0 Å². The van der Waals surface area contributed by atoms with Crippen LogP contribution in [-0.4, -0.2) is 50.4 Å². The van der Waals surface area contributed by atoms with E-state index >= 15 is 0 Å². The van der Waals surface area contributed by atoms with Crippen molar-refractivity contribution in [2.24, 2.45) is 5.73 Å². The first-order valence-electron chi connectivity index (χ1n) is 5.42. The maximum Gasteiger partial charge on any atom is 0.410 e. The first-order chi connectivity index (χ1) is 7.27. The zero-order valence-corrected chi connectivity index (χ0v) is 9.28. The molecule has 0 aromatic carbocycles. The van der Waals surface area contributed by atoms with Crippen molar-refractivity contribution in [1.82, 2.24) is 4.90 Å². The molecule has 0 bridgehead atoms. The monoisotopic (exact) mass is 216 g/mol. The summed E-state index contributed by atoms with van der Waals surface area (Å²) in [6.07, 6.45) is 2.30. The third-order valence-electron chi connectivity index (χ3n) is 2.51. The van der Waals surface area contributed by atoms with E-state index in [1.807, 2.05) is 0 Å². The summed E-state index contributed by atoms with van der Waals surface area (Å²) in [7, 11) is 1.66. The van der Waals surface area contributed by atoms with Crippen LogP contribution in [0, 0.1) is 0 Å². The van der Waals surface area contributed by atoms with Crippen LogP contribution < -0.4 is 5.73 Å². The Labute approximate surface area is 90.5 Å². The number of ether oxygens (including phenoxy) is 2. The summed E-state index contributed by atoms with van der Waals surface area (Å²) in [5.41, 5.74) is 5.42. The Balaban J connectivity index is 2.23. The van der Waals surface area contributed by atoms with Crippen molar-refractivity contribution in [1.29, 1.82) is 0 Å². The summed E-state index contributed by atoms with van der Waals surface area (Å²) in [6, 6.07) is 0. The lowest BCUT2D eigenvalue weighted by atomic mass is 10.1. The van der Waals surface area contributed by atoms with Gasteiger partial charge in [0.2, 0.25) is 0 Å². The highest BCUT2D eigenvalue weighted by Gasteiger charge is 2.25. The molecule has 15 heavy (non-hydrogen) atoms. The number of nitrogens with two attached hydrogens (primary N) is 1. The number of nitrogens with zero attached hydrogens (tertiary/aromatic N) is 1. The summed E-state index contributed by atoms with van der Waals surface area (Å²) in [6.45, 7) is 2.73. The van der Waals surface area contributed by atoms with Crippen molar-refractivity contribution in [2.75, 3.05) is 33.4 Å². The van der Waals surface area contributed by atoms with Crippen LogP contribution in [0.2, 0.25) is 0 Å². The number of methoxy groups -OCH3 is 1. The maximum absolute atomic E-state index is 11.5. The Morgan fingerprint density at radius 2 is 2.47 bits per heavy atom. The van der Waals surface area contributed by atoms with Crippen LogP contribution in [-0.2, 0) is 9.47 Å². The van der Waals surface area contributed by atoms with E-state index < -0.39 is 0 Å². The molecule has 1 fully saturated rings. The zero-order valence-electron chi connectivity index (χ0n) is 9.28. The van der Waals surface area contributed by atoms with Gasteiger partial charge in [-0.25, -0.2) is 4.79 Å². The molecule has 1 unspecified atom stereocenters. The van der Waals surface area contributed by atoms with Gasteiger partial charge in [0.25, 0.3) is 0 Å². The maximum atomic E-state index is 11.5. The molecule has 1 heterocycles. The van der Waals surface area contributed by atoms with Gasteiger partial charge in [-0.2, -0.15) is 0 Å². The summed E-state index contributed by atoms with van der Waals surface area (Å²) >= 11 is 0. The first-order valence-corrected chi connectivity index (χ1v) is 5.42. The van der Waals surface area contributed by atoms with Crippen molar-refractivity contribution < 1.29 is 14.3 Å². The highest BCUT2D eigenvalue weighted by atomic mass is 16.6. The highest BCUT2D eigenvalue weighted by molar-refractivity contribution is 5.68. The van der Waals surface area contributed by atoms with Gasteiger partial charge >= 0.3 is 6.09 Å². The molecule has 5 heteroatoms. The molecule has 0 saturated carbocycles. The van der Waals surface area contributed by atoms with Gasteiger partial charge in [-0.15, -0.1) is 0 Å². The summed E-state index contributed by atoms with van der Waals surface area (Å²) in [5.74, 6) is 0.